The molecule has 21 heavy (non-hydrogen) atoms. The lowest BCUT2D eigenvalue weighted by molar-refractivity contribution is -0.142. The number of nitrogens with one attached hydrogen (secondary N) is 1. The topological polar surface area (TPSA) is 104 Å². The molecule has 1 aromatic carbocycles. The van der Waals surface area contributed by atoms with Crippen LogP contribution in [0.5, 0.6) is 0 Å². The molecule has 0 aliphatic rings. The molecule has 3 N–H and O–H groups in total. The predicted octanol–water partition coefficient (Wildman–Crippen LogP) is 1.90. The third-order valence-corrected chi connectivity index (χ3v) is 3.30. The van der Waals surface area contributed by atoms with E-state index in [9.17, 15) is 14.4 Å². The molecule has 6 nitrogen and oxygen atoms in total. The van der Waals surface area contributed by atoms with Crippen molar-refractivity contribution in [3.63, 3.8) is 0 Å². The summed E-state index contributed by atoms with van der Waals surface area (Å²) in [5.41, 5.74) is 0.769. The summed E-state index contributed by atoms with van der Waals surface area (Å²) in [6, 6.07) is 6.00. The van der Waals surface area contributed by atoms with E-state index in [1.54, 1.807) is 12.1 Å². The molecule has 0 saturated carbocycles. The van der Waals surface area contributed by atoms with Crippen LogP contribution in [0.2, 0.25) is 0 Å². The molecule has 1 atom stereocenters. The van der Waals surface area contributed by atoms with Crippen LogP contribution < -0.4 is 5.32 Å². The maximum Gasteiger partial charge on any atom is 0.326 e. The average Bonchev–Trinajstić information content (AvgIpc) is 2.42. The van der Waals surface area contributed by atoms with Gasteiger partial charge in [-0.1, -0.05) is 34.1 Å². The van der Waals surface area contributed by atoms with Crippen LogP contribution in [-0.4, -0.2) is 34.1 Å². The fourth-order valence-corrected chi connectivity index (χ4v) is 1.94. The molecular formula is C14H14BrNO5. The zero-order valence-electron chi connectivity index (χ0n) is 11.0. The molecule has 0 aromatic heterocycles. The zero-order valence-corrected chi connectivity index (χ0v) is 12.5. The van der Waals surface area contributed by atoms with Crippen LogP contribution in [0.15, 0.2) is 34.8 Å². The first-order chi connectivity index (χ1) is 9.90. The predicted molar refractivity (Wildman–Crippen MR) is 79.6 cm³/mol. The van der Waals surface area contributed by atoms with Gasteiger partial charge in [-0.2, -0.15) is 0 Å². The van der Waals surface area contributed by atoms with E-state index < -0.39 is 23.9 Å². The van der Waals surface area contributed by atoms with Gasteiger partial charge in [0.25, 0.3) is 0 Å². The first-order valence-electron chi connectivity index (χ1n) is 6.08. The smallest absolute Gasteiger partial charge is 0.326 e. The molecule has 0 fully saturated rings. The molecule has 1 rings (SSSR count). The van der Waals surface area contributed by atoms with Crippen LogP contribution in [0.25, 0.3) is 6.08 Å². The van der Waals surface area contributed by atoms with E-state index in [2.05, 4.69) is 21.2 Å². The van der Waals surface area contributed by atoms with Crippen molar-refractivity contribution < 1.29 is 24.6 Å². The molecule has 0 heterocycles. The standard InChI is InChI=1S/C14H14BrNO5/c15-10-4-2-1-3-9(10)5-7-12(17)16-11(14(20)21)6-8-13(18)19/h1-5,7,11H,6,8H2,(H,16,17)(H,18,19)(H,20,21)/b7-5+/t11-/m0/s1. The Morgan fingerprint density at radius 3 is 2.48 bits per heavy atom. The minimum absolute atomic E-state index is 0.167. The van der Waals surface area contributed by atoms with Gasteiger partial charge in [0.2, 0.25) is 5.91 Å². The second-order valence-corrected chi connectivity index (χ2v) is 5.04. The van der Waals surface area contributed by atoms with Crippen LogP contribution in [-0.2, 0) is 14.4 Å². The zero-order chi connectivity index (χ0) is 15.8. The molecule has 7 heteroatoms. The minimum atomic E-state index is -1.26. The summed E-state index contributed by atoms with van der Waals surface area (Å²) in [5, 5.41) is 19.7. The fraction of sp³-hybridized carbons (Fsp3) is 0.214. The summed E-state index contributed by atoms with van der Waals surface area (Å²) in [6.07, 6.45) is 2.25. The van der Waals surface area contributed by atoms with Gasteiger partial charge in [-0.15, -0.1) is 0 Å². The number of carbonyl (C=O) groups is 3. The third kappa shape index (κ3) is 6.22. The summed E-state index contributed by atoms with van der Waals surface area (Å²) in [7, 11) is 0. The Balaban J connectivity index is 2.64. The highest BCUT2D eigenvalue weighted by Gasteiger charge is 2.19. The number of carboxylic acids is 2. The van der Waals surface area contributed by atoms with Crippen molar-refractivity contribution in [3.8, 4) is 0 Å². The Morgan fingerprint density at radius 1 is 1.24 bits per heavy atom. The van der Waals surface area contributed by atoms with E-state index in [-0.39, 0.29) is 12.8 Å². The van der Waals surface area contributed by atoms with Crippen molar-refractivity contribution in [2.45, 2.75) is 18.9 Å². The summed E-state index contributed by atoms with van der Waals surface area (Å²) in [6.45, 7) is 0. The highest BCUT2D eigenvalue weighted by Crippen LogP contribution is 2.16. The number of aliphatic carboxylic acids is 2. The van der Waals surface area contributed by atoms with Crippen molar-refractivity contribution in [1.82, 2.24) is 5.32 Å². The van der Waals surface area contributed by atoms with Gasteiger partial charge in [-0.25, -0.2) is 4.79 Å². The van der Waals surface area contributed by atoms with E-state index in [1.807, 2.05) is 12.1 Å². The van der Waals surface area contributed by atoms with E-state index in [4.69, 9.17) is 10.2 Å². The van der Waals surface area contributed by atoms with Crippen LogP contribution in [0.1, 0.15) is 18.4 Å². The normalized spacial score (nSPS) is 12.0. The van der Waals surface area contributed by atoms with Crippen molar-refractivity contribution in [2.75, 3.05) is 0 Å². The van der Waals surface area contributed by atoms with Gasteiger partial charge in [0.1, 0.15) is 6.04 Å². The van der Waals surface area contributed by atoms with Crippen molar-refractivity contribution in [1.29, 1.82) is 0 Å². The van der Waals surface area contributed by atoms with E-state index in [1.165, 1.54) is 12.2 Å². The Morgan fingerprint density at radius 2 is 1.90 bits per heavy atom. The summed E-state index contributed by atoms with van der Waals surface area (Å²) in [4.78, 5) is 33.0. The first-order valence-corrected chi connectivity index (χ1v) is 6.87. The van der Waals surface area contributed by atoms with E-state index in [0.717, 1.165) is 10.0 Å². The molecule has 0 aliphatic carbocycles. The first kappa shape index (κ1) is 16.9. The van der Waals surface area contributed by atoms with Gasteiger partial charge in [-0.05, 0) is 24.1 Å². The number of benzene rings is 1. The molecule has 0 aliphatic heterocycles. The highest BCUT2D eigenvalue weighted by atomic mass is 79.9. The Labute approximate surface area is 129 Å². The van der Waals surface area contributed by atoms with Crippen LogP contribution in [0, 0.1) is 0 Å². The van der Waals surface area contributed by atoms with Crippen molar-refractivity contribution in [3.05, 3.63) is 40.4 Å². The molecule has 0 saturated heterocycles. The lowest BCUT2D eigenvalue weighted by Crippen LogP contribution is -2.40. The Hall–Kier alpha value is -2.15. The van der Waals surface area contributed by atoms with Gasteiger partial charge in [-0.3, -0.25) is 9.59 Å². The second kappa shape index (κ2) is 8.21. The number of hydrogen-bond donors (Lipinski definition) is 3. The van der Waals surface area contributed by atoms with Crippen LogP contribution >= 0.6 is 15.9 Å². The Bertz CT molecular complexity index is 570. The van der Waals surface area contributed by atoms with Gasteiger partial charge in [0.05, 0.1) is 0 Å². The largest absolute Gasteiger partial charge is 0.481 e. The molecule has 0 radical (unpaired) electrons. The number of amides is 1. The summed E-state index contributed by atoms with van der Waals surface area (Å²) < 4.78 is 0.801. The van der Waals surface area contributed by atoms with E-state index in [0.29, 0.717) is 0 Å². The van der Waals surface area contributed by atoms with E-state index >= 15 is 0 Å². The maximum absolute atomic E-state index is 11.7. The number of carbonyl (C=O) groups excluding carboxylic acids is 1. The van der Waals surface area contributed by atoms with Gasteiger partial charge >= 0.3 is 11.9 Å². The minimum Gasteiger partial charge on any atom is -0.481 e. The molecule has 112 valence electrons. The number of halogens is 1. The van der Waals surface area contributed by atoms with Gasteiger partial charge < -0.3 is 15.5 Å². The monoisotopic (exact) mass is 355 g/mol. The molecule has 0 spiro atoms. The van der Waals surface area contributed by atoms with Gasteiger partial charge in [0.15, 0.2) is 0 Å². The average molecular weight is 356 g/mol. The highest BCUT2D eigenvalue weighted by molar-refractivity contribution is 9.10. The third-order valence-electron chi connectivity index (χ3n) is 2.58. The van der Waals surface area contributed by atoms with Crippen molar-refractivity contribution in [2.24, 2.45) is 0 Å². The fourth-order valence-electron chi connectivity index (χ4n) is 1.52. The molecule has 0 unspecified atom stereocenters. The maximum atomic E-state index is 11.7. The van der Waals surface area contributed by atoms with Crippen LogP contribution in [0.4, 0.5) is 0 Å². The van der Waals surface area contributed by atoms with Crippen LogP contribution in [0.3, 0.4) is 0 Å². The second-order valence-electron chi connectivity index (χ2n) is 4.19. The SMILES string of the molecule is O=C(O)CC[C@H](NC(=O)/C=C/c1ccccc1Br)C(=O)O. The van der Waals surface area contributed by atoms with Crippen molar-refractivity contribution >= 4 is 39.9 Å². The summed E-state index contributed by atoms with van der Waals surface area (Å²) >= 11 is 3.32. The lowest BCUT2D eigenvalue weighted by Gasteiger charge is -2.11. The Kier molecular flexibility index (Phi) is 6.61. The molecule has 1 amide bonds. The molecular weight excluding hydrogens is 342 g/mol. The molecule has 0 bridgehead atoms. The number of hydrogen-bond acceptors (Lipinski definition) is 3. The number of rotatable bonds is 7. The molecule has 1 aromatic rings. The lowest BCUT2D eigenvalue weighted by atomic mass is 10.1. The summed E-state index contributed by atoms with van der Waals surface area (Å²) in [5.74, 6) is -2.97. The van der Waals surface area contributed by atoms with Gasteiger partial charge in [0, 0.05) is 17.0 Å². The number of carboxylic acid groups (broad SMARTS) is 2. The quantitative estimate of drug-likeness (QED) is 0.648.